The predicted molar refractivity (Wildman–Crippen MR) is 103 cm³/mol. The Kier molecular flexibility index (Phi) is 5.72. The summed E-state index contributed by atoms with van der Waals surface area (Å²) >= 11 is 0.287. The molecule has 136 valence electrons. The average molecular weight is 406 g/mol. The number of hydrogen-bond donors (Lipinski definition) is 0. The van der Waals surface area contributed by atoms with Crippen molar-refractivity contribution in [2.24, 2.45) is 11.8 Å². The molecule has 1 aromatic carbocycles. The Bertz CT molecular complexity index is 616. The van der Waals surface area contributed by atoms with Crippen LogP contribution in [0.25, 0.3) is 0 Å². The molecule has 1 amide bonds. The zero-order valence-electron chi connectivity index (χ0n) is 15.5. The van der Waals surface area contributed by atoms with Gasteiger partial charge in [-0.25, -0.2) is 0 Å². The van der Waals surface area contributed by atoms with E-state index in [1.807, 2.05) is 11.0 Å². The molecule has 1 saturated carbocycles. The first-order valence-electron chi connectivity index (χ1n) is 9.22. The maximum atomic E-state index is 12.7. The van der Waals surface area contributed by atoms with Crippen LogP contribution in [0, 0.1) is 11.8 Å². The zero-order chi connectivity index (χ0) is 18.0. The van der Waals surface area contributed by atoms with Gasteiger partial charge in [-0.15, -0.1) is 0 Å². The molecule has 1 aromatic rings. The van der Waals surface area contributed by atoms with Crippen molar-refractivity contribution >= 4 is 25.3 Å². The van der Waals surface area contributed by atoms with Crippen molar-refractivity contribution in [1.82, 2.24) is 4.90 Å². The summed E-state index contributed by atoms with van der Waals surface area (Å²) in [6, 6.07) is 10.5. The van der Waals surface area contributed by atoms with Crippen LogP contribution in [-0.2, 0) is 9.53 Å². The number of nitrogens with zero attached hydrogens (tertiary/aromatic N) is 1. The van der Waals surface area contributed by atoms with E-state index in [4.69, 9.17) is 4.74 Å². The molecule has 3 rings (SSSR count). The molecular formula is C21H29NO2Se. The minimum atomic E-state index is -0.189. The number of benzene rings is 1. The second kappa shape index (κ2) is 7.65. The minimum absolute atomic E-state index is 0.00377. The summed E-state index contributed by atoms with van der Waals surface area (Å²) in [6.45, 7) is 10.5. The monoisotopic (exact) mass is 407 g/mol. The number of rotatable bonds is 4. The van der Waals surface area contributed by atoms with Gasteiger partial charge in [0.25, 0.3) is 0 Å². The van der Waals surface area contributed by atoms with Gasteiger partial charge < -0.3 is 0 Å². The van der Waals surface area contributed by atoms with Crippen LogP contribution in [0.3, 0.4) is 0 Å². The van der Waals surface area contributed by atoms with Crippen molar-refractivity contribution in [3.63, 3.8) is 0 Å². The van der Waals surface area contributed by atoms with Crippen LogP contribution in [0.5, 0.6) is 0 Å². The van der Waals surface area contributed by atoms with Gasteiger partial charge in [-0.3, -0.25) is 0 Å². The molecule has 3 nitrogen and oxygen atoms in total. The normalized spacial score (nSPS) is 31.2. The predicted octanol–water partition coefficient (Wildman–Crippen LogP) is 3.39. The summed E-state index contributed by atoms with van der Waals surface area (Å²) in [6.07, 6.45) is 5.04. The van der Waals surface area contributed by atoms with Gasteiger partial charge in [-0.05, 0) is 0 Å². The molecule has 4 atom stereocenters. The summed E-state index contributed by atoms with van der Waals surface area (Å²) < 4.78 is 7.88. The molecule has 2 aliphatic rings. The molecule has 1 saturated heterocycles. The average Bonchev–Trinajstić information content (AvgIpc) is 2.59. The fraction of sp³-hybridized carbons (Fsp3) is 0.571. The van der Waals surface area contributed by atoms with Gasteiger partial charge in [0, 0.05) is 0 Å². The van der Waals surface area contributed by atoms with Gasteiger partial charge in [-0.1, -0.05) is 0 Å². The van der Waals surface area contributed by atoms with E-state index in [2.05, 4.69) is 51.6 Å². The van der Waals surface area contributed by atoms with Crippen molar-refractivity contribution in [3.8, 4) is 0 Å². The molecule has 25 heavy (non-hydrogen) atoms. The number of fused-ring (bicyclic) bond motifs is 1. The quantitative estimate of drug-likeness (QED) is 0.567. The van der Waals surface area contributed by atoms with Crippen LogP contribution in [0.1, 0.15) is 40.0 Å². The Morgan fingerprint density at radius 1 is 1.36 bits per heavy atom. The summed E-state index contributed by atoms with van der Waals surface area (Å²) in [5.41, 5.74) is -0.189. The van der Waals surface area contributed by atoms with Crippen molar-refractivity contribution in [3.05, 3.63) is 43.0 Å². The Hall–Kier alpha value is -1.09. The number of carbonyl (C=O) groups excluding carboxylic acids is 1. The second-order valence-electron chi connectivity index (χ2n) is 7.84. The molecular weight excluding hydrogens is 377 g/mol. The summed E-state index contributed by atoms with van der Waals surface area (Å²) in [7, 11) is 0. The molecule has 1 aliphatic carbocycles. The molecule has 0 N–H and O–H groups in total. The Morgan fingerprint density at radius 3 is 2.76 bits per heavy atom. The number of amides is 1. The standard InChI is InChI=1S/C21H29NO2Se/c1-5-19(23)22-20(14-25-16-9-7-6-8-10-16)24-18-13-15(2)11-12-17(18)21(22,3)4/h5-10,15,17-18,20H,1,11-14H2,2-4H3/t15-,17-,18-,20+/m1/s1. The first-order chi connectivity index (χ1) is 11.9. The van der Waals surface area contributed by atoms with Crippen LogP contribution in [0.15, 0.2) is 43.0 Å². The SMILES string of the molecule is C=CC(=O)N1[C@H](C[Se]c2ccccc2)O[C@@H]2C[C@H](C)CC[C@H]2C1(C)C. The maximum absolute atomic E-state index is 12.7. The Labute approximate surface area is 158 Å². The molecule has 0 spiro atoms. The van der Waals surface area contributed by atoms with Crippen molar-refractivity contribution in [2.45, 2.75) is 63.2 Å². The van der Waals surface area contributed by atoms with E-state index in [0.717, 1.165) is 18.2 Å². The van der Waals surface area contributed by atoms with Crippen LogP contribution in [0.4, 0.5) is 0 Å². The van der Waals surface area contributed by atoms with Gasteiger partial charge in [0.05, 0.1) is 0 Å². The molecule has 0 unspecified atom stereocenters. The molecule has 0 aromatic heterocycles. The van der Waals surface area contributed by atoms with E-state index >= 15 is 0 Å². The van der Waals surface area contributed by atoms with Gasteiger partial charge in [0.2, 0.25) is 0 Å². The number of carbonyl (C=O) groups is 1. The number of ether oxygens (including phenoxy) is 1. The second-order valence-corrected chi connectivity index (χ2v) is 10.1. The number of hydrogen-bond acceptors (Lipinski definition) is 2. The zero-order valence-corrected chi connectivity index (χ0v) is 17.2. The van der Waals surface area contributed by atoms with E-state index < -0.39 is 0 Å². The third-order valence-electron chi connectivity index (χ3n) is 5.75. The first-order valence-corrected chi connectivity index (χ1v) is 11.3. The van der Waals surface area contributed by atoms with Gasteiger partial charge in [0.15, 0.2) is 0 Å². The van der Waals surface area contributed by atoms with E-state index in [1.54, 1.807) is 0 Å². The summed E-state index contributed by atoms with van der Waals surface area (Å²) in [5.74, 6) is 1.11. The fourth-order valence-corrected chi connectivity index (χ4v) is 6.34. The van der Waals surface area contributed by atoms with Crippen molar-refractivity contribution < 1.29 is 9.53 Å². The fourth-order valence-electron chi connectivity index (χ4n) is 4.42. The van der Waals surface area contributed by atoms with Crippen LogP contribution in [-0.4, -0.2) is 43.6 Å². The van der Waals surface area contributed by atoms with Crippen molar-refractivity contribution in [1.29, 1.82) is 0 Å². The van der Waals surface area contributed by atoms with E-state index in [9.17, 15) is 4.79 Å². The van der Waals surface area contributed by atoms with Gasteiger partial charge in [-0.2, -0.15) is 0 Å². The summed E-state index contributed by atoms with van der Waals surface area (Å²) in [5, 5.41) is 0.887. The van der Waals surface area contributed by atoms with Crippen molar-refractivity contribution in [2.75, 3.05) is 0 Å². The van der Waals surface area contributed by atoms with E-state index in [0.29, 0.717) is 11.8 Å². The van der Waals surface area contributed by atoms with E-state index in [1.165, 1.54) is 17.0 Å². The van der Waals surface area contributed by atoms with E-state index in [-0.39, 0.29) is 38.7 Å². The van der Waals surface area contributed by atoms with Crippen LogP contribution >= 0.6 is 0 Å². The Morgan fingerprint density at radius 2 is 2.08 bits per heavy atom. The molecule has 0 radical (unpaired) electrons. The summed E-state index contributed by atoms with van der Waals surface area (Å²) in [4.78, 5) is 14.7. The molecule has 1 heterocycles. The van der Waals surface area contributed by atoms with Crippen LogP contribution < -0.4 is 4.46 Å². The topological polar surface area (TPSA) is 29.5 Å². The van der Waals surface area contributed by atoms with Gasteiger partial charge in [0.1, 0.15) is 0 Å². The third-order valence-corrected chi connectivity index (χ3v) is 7.97. The first kappa shape index (κ1) is 18.7. The Balaban J connectivity index is 1.82. The van der Waals surface area contributed by atoms with Crippen LogP contribution in [0.2, 0.25) is 5.32 Å². The molecule has 1 aliphatic heterocycles. The third kappa shape index (κ3) is 3.86. The molecule has 4 heteroatoms. The molecule has 0 bridgehead atoms. The van der Waals surface area contributed by atoms with Gasteiger partial charge >= 0.3 is 158 Å². The molecule has 2 fully saturated rings.